The Kier molecular flexibility index (Phi) is 7.28. The topological polar surface area (TPSA) is 75.7 Å². The van der Waals surface area contributed by atoms with Gasteiger partial charge in [-0.05, 0) is 62.1 Å². The number of para-hydroxylation sites is 1. The summed E-state index contributed by atoms with van der Waals surface area (Å²) in [5.41, 5.74) is 1.58. The first-order valence-corrected chi connectivity index (χ1v) is 11.6. The zero-order valence-corrected chi connectivity index (χ0v) is 17.6. The Morgan fingerprint density at radius 3 is 2.41 bits per heavy atom. The quantitative estimate of drug-likeness (QED) is 0.710. The van der Waals surface area contributed by atoms with Gasteiger partial charge in [-0.15, -0.1) is 0 Å². The molecular weight excluding hydrogens is 388 g/mol. The van der Waals surface area contributed by atoms with Crippen molar-refractivity contribution in [3.05, 3.63) is 54.1 Å². The van der Waals surface area contributed by atoms with Gasteiger partial charge in [0.1, 0.15) is 5.75 Å². The molecule has 2 aromatic rings. The molecule has 1 fully saturated rings. The second kappa shape index (κ2) is 9.89. The van der Waals surface area contributed by atoms with Gasteiger partial charge in [-0.1, -0.05) is 24.6 Å². The zero-order chi connectivity index (χ0) is 20.7. The molecule has 0 aliphatic carbocycles. The summed E-state index contributed by atoms with van der Waals surface area (Å²) in [6, 6.07) is 14.1. The van der Waals surface area contributed by atoms with Gasteiger partial charge in [0, 0.05) is 25.2 Å². The summed E-state index contributed by atoms with van der Waals surface area (Å²) < 4.78 is 32.5. The van der Waals surface area contributed by atoms with Gasteiger partial charge in [-0.25, -0.2) is 8.42 Å². The Morgan fingerprint density at radius 2 is 1.72 bits per heavy atom. The molecule has 1 heterocycles. The van der Waals surface area contributed by atoms with Gasteiger partial charge in [0.05, 0.1) is 11.5 Å². The third-order valence-electron chi connectivity index (χ3n) is 4.98. The summed E-state index contributed by atoms with van der Waals surface area (Å²) in [6.07, 6.45) is 3.77. The largest absolute Gasteiger partial charge is 0.494 e. The van der Waals surface area contributed by atoms with Crippen molar-refractivity contribution in [1.29, 1.82) is 0 Å². The number of ether oxygens (including phenoxy) is 1. The summed E-state index contributed by atoms with van der Waals surface area (Å²) in [7, 11) is -3.46. The Labute approximate surface area is 172 Å². The highest BCUT2D eigenvalue weighted by molar-refractivity contribution is 7.89. The first kappa shape index (κ1) is 21.3. The lowest BCUT2D eigenvalue weighted by Gasteiger charge is -2.25. The number of nitrogens with one attached hydrogen (secondary N) is 1. The molecule has 1 aliphatic rings. The van der Waals surface area contributed by atoms with Gasteiger partial charge in [-0.2, -0.15) is 4.31 Å². The fourth-order valence-electron chi connectivity index (χ4n) is 3.44. The molecule has 0 unspecified atom stereocenters. The predicted molar refractivity (Wildman–Crippen MR) is 114 cm³/mol. The Hall–Kier alpha value is -2.38. The number of piperidine rings is 1. The van der Waals surface area contributed by atoms with E-state index in [-0.39, 0.29) is 10.8 Å². The molecule has 1 saturated heterocycles. The van der Waals surface area contributed by atoms with E-state index in [1.165, 1.54) is 0 Å². The van der Waals surface area contributed by atoms with E-state index in [0.717, 1.165) is 30.6 Å². The van der Waals surface area contributed by atoms with E-state index >= 15 is 0 Å². The molecular formula is C22H28N2O4S. The molecule has 6 nitrogen and oxygen atoms in total. The minimum atomic E-state index is -3.46. The lowest BCUT2D eigenvalue weighted by Crippen LogP contribution is -2.35. The van der Waals surface area contributed by atoms with Crippen LogP contribution in [0.25, 0.3) is 0 Å². The minimum absolute atomic E-state index is 0.122. The van der Waals surface area contributed by atoms with Crippen molar-refractivity contribution >= 4 is 21.6 Å². The minimum Gasteiger partial charge on any atom is -0.494 e. The van der Waals surface area contributed by atoms with E-state index in [1.54, 1.807) is 28.6 Å². The molecule has 0 radical (unpaired) electrons. The third-order valence-corrected chi connectivity index (χ3v) is 6.90. The van der Waals surface area contributed by atoms with Gasteiger partial charge in [0.15, 0.2) is 0 Å². The van der Waals surface area contributed by atoms with Crippen LogP contribution in [0.4, 0.5) is 5.69 Å². The van der Waals surface area contributed by atoms with Crippen LogP contribution >= 0.6 is 0 Å². The maximum atomic E-state index is 12.7. The van der Waals surface area contributed by atoms with Gasteiger partial charge in [0.25, 0.3) is 0 Å². The molecule has 1 aliphatic heterocycles. The van der Waals surface area contributed by atoms with Crippen LogP contribution in [0.1, 0.15) is 38.2 Å². The van der Waals surface area contributed by atoms with Crippen molar-refractivity contribution in [3.63, 3.8) is 0 Å². The average Bonchev–Trinajstić information content (AvgIpc) is 2.74. The molecule has 0 saturated carbocycles. The zero-order valence-electron chi connectivity index (χ0n) is 16.8. The Balaban J connectivity index is 1.57. The summed E-state index contributed by atoms with van der Waals surface area (Å²) in [4.78, 5) is 12.6. The average molecular weight is 417 g/mol. The van der Waals surface area contributed by atoms with Crippen LogP contribution in [-0.2, 0) is 21.2 Å². The van der Waals surface area contributed by atoms with Crippen molar-refractivity contribution < 1.29 is 17.9 Å². The van der Waals surface area contributed by atoms with Crippen molar-refractivity contribution in [2.24, 2.45) is 0 Å². The summed E-state index contributed by atoms with van der Waals surface area (Å²) in [5, 5.41) is 2.83. The predicted octanol–water partition coefficient (Wildman–Crippen LogP) is 3.83. The SMILES string of the molecule is CCOc1ccccc1CCC(=O)Nc1ccc(S(=O)(=O)N2CCCCC2)cc1. The second-order valence-electron chi connectivity index (χ2n) is 7.08. The van der Waals surface area contributed by atoms with E-state index in [1.807, 2.05) is 31.2 Å². The highest BCUT2D eigenvalue weighted by Gasteiger charge is 2.25. The third kappa shape index (κ3) is 5.58. The van der Waals surface area contributed by atoms with Crippen LogP contribution in [0.2, 0.25) is 0 Å². The number of carbonyl (C=O) groups excluding carboxylic acids is 1. The fraction of sp³-hybridized carbons (Fsp3) is 0.409. The molecule has 0 spiro atoms. The number of rotatable bonds is 8. The maximum Gasteiger partial charge on any atom is 0.243 e. The van der Waals surface area contributed by atoms with Crippen LogP contribution in [0.15, 0.2) is 53.4 Å². The maximum absolute atomic E-state index is 12.7. The van der Waals surface area contributed by atoms with Gasteiger partial charge < -0.3 is 10.1 Å². The molecule has 3 rings (SSSR count). The standard InChI is InChI=1S/C22H28N2O4S/c1-2-28-21-9-5-4-8-18(21)10-15-22(25)23-19-11-13-20(14-12-19)29(26,27)24-16-6-3-7-17-24/h4-5,8-9,11-14H,2-3,6-7,10,15-17H2,1H3,(H,23,25). The molecule has 0 aromatic heterocycles. The van der Waals surface area contributed by atoms with Crippen molar-refractivity contribution in [2.45, 2.75) is 43.9 Å². The summed E-state index contributed by atoms with van der Waals surface area (Å²) >= 11 is 0. The highest BCUT2D eigenvalue weighted by atomic mass is 32.2. The number of nitrogens with zero attached hydrogens (tertiary/aromatic N) is 1. The van der Waals surface area contributed by atoms with Crippen LogP contribution in [0.3, 0.4) is 0 Å². The number of aryl methyl sites for hydroxylation is 1. The van der Waals surface area contributed by atoms with Gasteiger partial charge >= 0.3 is 0 Å². The number of hydrogen-bond donors (Lipinski definition) is 1. The second-order valence-corrected chi connectivity index (χ2v) is 9.02. The van der Waals surface area contributed by atoms with E-state index in [2.05, 4.69) is 5.32 Å². The van der Waals surface area contributed by atoms with Gasteiger partial charge in [0.2, 0.25) is 15.9 Å². The summed E-state index contributed by atoms with van der Waals surface area (Å²) in [5.74, 6) is 0.679. The first-order valence-electron chi connectivity index (χ1n) is 10.1. The molecule has 0 atom stereocenters. The monoisotopic (exact) mass is 416 g/mol. The molecule has 2 aromatic carbocycles. The van der Waals surface area contributed by atoms with Crippen LogP contribution in [0.5, 0.6) is 5.75 Å². The van der Waals surface area contributed by atoms with E-state index in [9.17, 15) is 13.2 Å². The number of benzene rings is 2. The number of anilines is 1. The number of amides is 1. The van der Waals surface area contributed by atoms with E-state index in [0.29, 0.717) is 38.2 Å². The molecule has 29 heavy (non-hydrogen) atoms. The fourth-order valence-corrected chi connectivity index (χ4v) is 4.96. The van der Waals surface area contributed by atoms with Crippen LogP contribution < -0.4 is 10.1 Å². The van der Waals surface area contributed by atoms with Crippen molar-refractivity contribution in [1.82, 2.24) is 4.31 Å². The molecule has 7 heteroatoms. The van der Waals surface area contributed by atoms with E-state index < -0.39 is 10.0 Å². The van der Waals surface area contributed by atoms with Crippen molar-refractivity contribution in [3.8, 4) is 5.75 Å². The van der Waals surface area contributed by atoms with E-state index in [4.69, 9.17) is 4.74 Å². The molecule has 156 valence electrons. The lowest BCUT2D eigenvalue weighted by atomic mass is 10.1. The Bertz CT molecular complexity index is 920. The summed E-state index contributed by atoms with van der Waals surface area (Å²) in [6.45, 7) is 3.66. The number of hydrogen-bond acceptors (Lipinski definition) is 4. The number of carbonyl (C=O) groups is 1. The number of sulfonamides is 1. The van der Waals surface area contributed by atoms with Crippen molar-refractivity contribution in [2.75, 3.05) is 25.0 Å². The molecule has 1 amide bonds. The normalized spacial score (nSPS) is 15.1. The lowest BCUT2D eigenvalue weighted by molar-refractivity contribution is -0.116. The Morgan fingerprint density at radius 1 is 1.03 bits per heavy atom. The molecule has 0 bridgehead atoms. The highest BCUT2D eigenvalue weighted by Crippen LogP contribution is 2.23. The smallest absolute Gasteiger partial charge is 0.243 e. The van der Waals surface area contributed by atoms with Crippen LogP contribution in [0, 0.1) is 0 Å². The molecule has 1 N–H and O–H groups in total. The van der Waals surface area contributed by atoms with Gasteiger partial charge in [-0.3, -0.25) is 4.79 Å². The first-order chi connectivity index (χ1) is 14.0. The van der Waals surface area contributed by atoms with Crippen LogP contribution in [-0.4, -0.2) is 38.3 Å².